The molecule has 0 atom stereocenters. The molecule has 4 heteroatoms. The van der Waals surface area contributed by atoms with E-state index in [9.17, 15) is 0 Å². The second kappa shape index (κ2) is 6.53. The van der Waals surface area contributed by atoms with Gasteiger partial charge in [-0.3, -0.25) is 0 Å². The first-order valence-corrected chi connectivity index (χ1v) is 5.29. The number of aryl methyl sites for hydroxylation is 1. The van der Waals surface area contributed by atoms with E-state index in [-0.39, 0.29) is 0 Å². The molecule has 0 aromatic carbocycles. The molecule has 0 saturated heterocycles. The summed E-state index contributed by atoms with van der Waals surface area (Å²) in [5.41, 5.74) is 0.861. The Morgan fingerprint density at radius 3 is 3.00 bits per heavy atom. The Kier molecular flexibility index (Phi) is 5.29. The maximum Gasteiger partial charge on any atom is 0.155 e. The summed E-state index contributed by atoms with van der Waals surface area (Å²) in [7, 11) is 0. The molecule has 0 N–H and O–H groups in total. The first kappa shape index (κ1) is 12.1. The second-order valence-electron chi connectivity index (χ2n) is 3.23. The van der Waals surface area contributed by atoms with Gasteiger partial charge < -0.3 is 4.74 Å². The van der Waals surface area contributed by atoms with Crippen molar-refractivity contribution in [3.63, 3.8) is 0 Å². The van der Waals surface area contributed by atoms with Crippen LogP contribution in [-0.4, -0.2) is 16.6 Å². The van der Waals surface area contributed by atoms with Crippen molar-refractivity contribution in [3.05, 3.63) is 35.4 Å². The van der Waals surface area contributed by atoms with Crippen molar-refractivity contribution in [2.45, 2.75) is 26.4 Å². The third kappa shape index (κ3) is 4.91. The minimum atomic E-state index is 0.415. The molecule has 0 amide bonds. The van der Waals surface area contributed by atoms with Gasteiger partial charge in [0.1, 0.15) is 11.8 Å². The lowest BCUT2D eigenvalue weighted by molar-refractivity contribution is 0.113. The monoisotopic (exact) mass is 226 g/mol. The van der Waals surface area contributed by atoms with E-state index >= 15 is 0 Å². The van der Waals surface area contributed by atoms with Crippen LogP contribution in [0.4, 0.5) is 0 Å². The molecule has 0 aliphatic carbocycles. The molecule has 0 spiro atoms. The van der Waals surface area contributed by atoms with Crippen LogP contribution in [0.1, 0.15) is 24.4 Å². The van der Waals surface area contributed by atoms with E-state index in [2.05, 4.69) is 16.5 Å². The summed E-state index contributed by atoms with van der Waals surface area (Å²) in [5, 5.41) is 0.465. The molecule has 1 heterocycles. The van der Waals surface area contributed by atoms with E-state index in [1.165, 1.54) is 0 Å². The average molecular weight is 227 g/mol. The zero-order valence-electron chi connectivity index (χ0n) is 8.87. The number of nitrogens with zero attached hydrogens (tertiary/aromatic N) is 2. The SMILES string of the molecule is C=CCCCOCc1nc(C)cc(Cl)n1. The molecule has 0 saturated carbocycles. The van der Waals surface area contributed by atoms with Crippen molar-refractivity contribution in [1.82, 2.24) is 9.97 Å². The first-order chi connectivity index (χ1) is 7.22. The lowest BCUT2D eigenvalue weighted by Gasteiger charge is -2.03. The van der Waals surface area contributed by atoms with Gasteiger partial charge in [0.25, 0.3) is 0 Å². The maximum absolute atomic E-state index is 5.79. The van der Waals surface area contributed by atoms with Gasteiger partial charge in [-0.05, 0) is 25.8 Å². The van der Waals surface area contributed by atoms with Crippen LogP contribution < -0.4 is 0 Å². The summed E-state index contributed by atoms with van der Waals surface area (Å²) in [4.78, 5) is 8.27. The highest BCUT2D eigenvalue weighted by Crippen LogP contribution is 2.07. The molecule has 0 bridgehead atoms. The first-order valence-electron chi connectivity index (χ1n) is 4.91. The van der Waals surface area contributed by atoms with Crippen LogP contribution in [0.2, 0.25) is 5.15 Å². The van der Waals surface area contributed by atoms with E-state index in [1.54, 1.807) is 6.07 Å². The van der Waals surface area contributed by atoms with E-state index in [4.69, 9.17) is 16.3 Å². The third-order valence-electron chi connectivity index (χ3n) is 1.80. The molecule has 0 aliphatic rings. The molecule has 0 unspecified atom stereocenters. The fraction of sp³-hybridized carbons (Fsp3) is 0.455. The van der Waals surface area contributed by atoms with Crippen molar-refractivity contribution in [1.29, 1.82) is 0 Å². The minimum absolute atomic E-state index is 0.415. The van der Waals surface area contributed by atoms with Crippen molar-refractivity contribution in [2.75, 3.05) is 6.61 Å². The maximum atomic E-state index is 5.79. The van der Waals surface area contributed by atoms with Crippen molar-refractivity contribution >= 4 is 11.6 Å². The number of hydrogen-bond acceptors (Lipinski definition) is 3. The molecule has 3 nitrogen and oxygen atoms in total. The lowest BCUT2D eigenvalue weighted by Crippen LogP contribution is -2.01. The highest BCUT2D eigenvalue weighted by Gasteiger charge is 2.00. The summed E-state index contributed by atoms with van der Waals surface area (Å²) in [5.74, 6) is 0.638. The molecular weight excluding hydrogens is 212 g/mol. The fourth-order valence-electron chi connectivity index (χ4n) is 1.15. The van der Waals surface area contributed by atoms with Gasteiger partial charge in [0.2, 0.25) is 0 Å². The Morgan fingerprint density at radius 2 is 2.33 bits per heavy atom. The summed E-state index contributed by atoms with van der Waals surface area (Å²) >= 11 is 5.79. The van der Waals surface area contributed by atoms with Crippen molar-refractivity contribution in [3.8, 4) is 0 Å². The second-order valence-corrected chi connectivity index (χ2v) is 3.62. The fourth-order valence-corrected chi connectivity index (χ4v) is 1.40. The van der Waals surface area contributed by atoms with Crippen LogP contribution in [0.5, 0.6) is 0 Å². The third-order valence-corrected chi connectivity index (χ3v) is 1.99. The standard InChI is InChI=1S/C11H15ClN2O/c1-3-4-5-6-15-8-11-13-9(2)7-10(12)14-11/h3,7H,1,4-6,8H2,2H3. The summed E-state index contributed by atoms with van der Waals surface area (Å²) in [6.45, 7) is 6.64. The number of halogens is 1. The van der Waals surface area contributed by atoms with Gasteiger partial charge in [-0.15, -0.1) is 6.58 Å². The largest absolute Gasteiger partial charge is 0.373 e. The Balaban J connectivity index is 2.33. The number of allylic oxidation sites excluding steroid dienone is 1. The predicted octanol–water partition coefficient (Wildman–Crippen LogP) is 2.92. The molecule has 1 aromatic heterocycles. The van der Waals surface area contributed by atoms with Gasteiger partial charge in [0.05, 0.1) is 0 Å². The van der Waals surface area contributed by atoms with Crippen molar-refractivity contribution < 1.29 is 4.74 Å². The zero-order chi connectivity index (χ0) is 11.1. The smallest absolute Gasteiger partial charge is 0.155 e. The van der Waals surface area contributed by atoms with E-state index in [1.807, 2.05) is 13.0 Å². The van der Waals surface area contributed by atoms with Gasteiger partial charge in [-0.2, -0.15) is 0 Å². The van der Waals surface area contributed by atoms with Gasteiger partial charge in [0.15, 0.2) is 5.82 Å². The van der Waals surface area contributed by atoms with Crippen LogP contribution in [0, 0.1) is 6.92 Å². The molecule has 0 radical (unpaired) electrons. The van der Waals surface area contributed by atoms with Crippen LogP contribution in [0.15, 0.2) is 18.7 Å². The van der Waals surface area contributed by atoms with E-state index in [0.717, 1.165) is 18.5 Å². The Morgan fingerprint density at radius 1 is 1.53 bits per heavy atom. The van der Waals surface area contributed by atoms with Crippen LogP contribution in [0.25, 0.3) is 0 Å². The zero-order valence-corrected chi connectivity index (χ0v) is 9.63. The van der Waals surface area contributed by atoms with E-state index in [0.29, 0.717) is 24.2 Å². The number of aromatic nitrogens is 2. The molecule has 0 fully saturated rings. The van der Waals surface area contributed by atoms with Gasteiger partial charge in [0, 0.05) is 12.3 Å². The molecule has 15 heavy (non-hydrogen) atoms. The normalized spacial score (nSPS) is 10.3. The highest BCUT2D eigenvalue weighted by atomic mass is 35.5. The summed E-state index contributed by atoms with van der Waals surface area (Å²) in [6, 6.07) is 1.72. The summed E-state index contributed by atoms with van der Waals surface area (Å²) < 4.78 is 5.40. The number of unbranched alkanes of at least 4 members (excludes halogenated alkanes) is 1. The Bertz CT molecular complexity index is 308. The molecule has 82 valence electrons. The van der Waals surface area contributed by atoms with Crippen LogP contribution in [-0.2, 0) is 11.3 Å². The van der Waals surface area contributed by atoms with Gasteiger partial charge in [-0.1, -0.05) is 17.7 Å². The number of rotatable bonds is 6. The topological polar surface area (TPSA) is 35.0 Å². The lowest BCUT2D eigenvalue weighted by atomic mass is 10.3. The average Bonchev–Trinajstić information content (AvgIpc) is 2.16. The molecule has 1 aromatic rings. The highest BCUT2D eigenvalue weighted by molar-refractivity contribution is 6.29. The van der Waals surface area contributed by atoms with E-state index < -0.39 is 0 Å². The quantitative estimate of drug-likeness (QED) is 0.425. The van der Waals surface area contributed by atoms with Crippen LogP contribution in [0.3, 0.4) is 0 Å². The number of ether oxygens (including phenoxy) is 1. The number of hydrogen-bond donors (Lipinski definition) is 0. The molecule has 1 rings (SSSR count). The van der Waals surface area contributed by atoms with Gasteiger partial charge in [-0.25, -0.2) is 9.97 Å². The predicted molar refractivity (Wildman–Crippen MR) is 60.9 cm³/mol. The van der Waals surface area contributed by atoms with Crippen LogP contribution >= 0.6 is 11.6 Å². The Hall–Kier alpha value is -0.930. The summed E-state index contributed by atoms with van der Waals surface area (Å²) in [6.07, 6.45) is 3.82. The van der Waals surface area contributed by atoms with Gasteiger partial charge >= 0.3 is 0 Å². The van der Waals surface area contributed by atoms with Crippen molar-refractivity contribution in [2.24, 2.45) is 0 Å². The molecule has 0 aliphatic heterocycles. The minimum Gasteiger partial charge on any atom is -0.373 e. The molecular formula is C11H15ClN2O. The Labute approximate surface area is 95.2 Å².